The SMILES string of the molecule is CC(=O)C[C@@H](Cc1ccc2ccccc2c1)C(=O)N[C@@H](Cc1ccc(N)cc1)C(=O)C[C@@H](Cc1c[nH]c2ccccc12)C(N)=O. The van der Waals surface area contributed by atoms with E-state index in [0.717, 1.165) is 38.4 Å². The molecule has 0 aliphatic rings. The molecular weight excluding hydrogens is 564 g/mol. The second-order valence-corrected chi connectivity index (χ2v) is 11.8. The van der Waals surface area contributed by atoms with Crippen molar-refractivity contribution in [1.29, 1.82) is 0 Å². The number of ketones is 2. The lowest BCUT2D eigenvalue weighted by molar-refractivity contribution is -0.133. The van der Waals surface area contributed by atoms with E-state index < -0.39 is 23.8 Å². The molecule has 5 aromatic rings. The van der Waals surface area contributed by atoms with Gasteiger partial charge in [-0.05, 0) is 71.8 Å². The van der Waals surface area contributed by atoms with Crippen LogP contribution in [0, 0.1) is 11.8 Å². The van der Waals surface area contributed by atoms with Gasteiger partial charge in [0.25, 0.3) is 0 Å². The summed E-state index contributed by atoms with van der Waals surface area (Å²) in [6.45, 7) is 1.46. The minimum atomic E-state index is -0.933. The van der Waals surface area contributed by atoms with Gasteiger partial charge < -0.3 is 26.6 Å². The van der Waals surface area contributed by atoms with E-state index in [1.54, 1.807) is 24.3 Å². The summed E-state index contributed by atoms with van der Waals surface area (Å²) in [7, 11) is 0. The monoisotopic (exact) mass is 602 g/mol. The average molecular weight is 603 g/mol. The highest BCUT2D eigenvalue weighted by molar-refractivity contribution is 5.94. The van der Waals surface area contributed by atoms with Gasteiger partial charge in [0.1, 0.15) is 5.78 Å². The molecule has 0 aliphatic heterocycles. The number of hydrogen-bond donors (Lipinski definition) is 4. The van der Waals surface area contributed by atoms with E-state index in [0.29, 0.717) is 12.1 Å². The summed E-state index contributed by atoms with van der Waals surface area (Å²) in [5.74, 6) is -2.85. The number of aromatic amines is 1. The standard InChI is InChI=1S/C37H38N4O4/c1-23(42)16-29(18-25-10-13-26-6-2-3-7-27(26)17-25)37(45)41-34(19-24-11-14-31(38)15-12-24)35(43)21-28(36(39)44)20-30-22-40-33-9-5-4-8-32(30)33/h2-15,17,22,28-29,34,40H,16,18-21,38H2,1H3,(H2,39,44)(H,41,45)/t28-,29+,34+/m1/s1. The number of fused-ring (bicyclic) bond motifs is 2. The molecule has 1 heterocycles. The first kappa shape index (κ1) is 31.2. The van der Waals surface area contributed by atoms with Crippen LogP contribution in [0.15, 0.2) is 97.2 Å². The van der Waals surface area contributed by atoms with Crippen molar-refractivity contribution in [2.24, 2.45) is 17.6 Å². The number of primary amides is 1. The van der Waals surface area contributed by atoms with E-state index in [2.05, 4.69) is 10.3 Å². The van der Waals surface area contributed by atoms with Gasteiger partial charge in [-0.2, -0.15) is 0 Å². The van der Waals surface area contributed by atoms with Gasteiger partial charge in [-0.15, -0.1) is 0 Å². The van der Waals surface area contributed by atoms with Crippen LogP contribution >= 0.6 is 0 Å². The first-order chi connectivity index (χ1) is 21.7. The zero-order chi connectivity index (χ0) is 31.9. The Balaban J connectivity index is 1.37. The Hall–Kier alpha value is -5.24. The Morgan fingerprint density at radius 2 is 1.44 bits per heavy atom. The highest BCUT2D eigenvalue weighted by atomic mass is 16.2. The van der Waals surface area contributed by atoms with Crippen LogP contribution in [0.3, 0.4) is 0 Å². The van der Waals surface area contributed by atoms with Crippen LogP contribution in [0.25, 0.3) is 21.7 Å². The number of nitrogens with two attached hydrogens (primary N) is 2. The first-order valence-electron chi connectivity index (χ1n) is 15.1. The van der Waals surface area contributed by atoms with E-state index in [4.69, 9.17) is 11.5 Å². The molecule has 0 saturated carbocycles. The molecule has 2 amide bonds. The number of H-pyrrole nitrogens is 1. The maximum absolute atomic E-state index is 13.9. The number of rotatable bonds is 14. The number of carbonyl (C=O) groups excluding carboxylic acids is 4. The van der Waals surface area contributed by atoms with Gasteiger partial charge in [0.05, 0.1) is 6.04 Å². The number of aromatic nitrogens is 1. The van der Waals surface area contributed by atoms with Gasteiger partial charge in [-0.3, -0.25) is 14.4 Å². The molecule has 4 aromatic carbocycles. The third-order valence-electron chi connectivity index (χ3n) is 8.32. The van der Waals surface area contributed by atoms with Gasteiger partial charge in [0, 0.05) is 47.5 Å². The molecule has 0 fully saturated rings. The van der Waals surface area contributed by atoms with E-state index in [9.17, 15) is 19.2 Å². The Morgan fingerprint density at radius 1 is 0.756 bits per heavy atom. The minimum Gasteiger partial charge on any atom is -0.399 e. The molecule has 0 saturated heterocycles. The fourth-order valence-corrected chi connectivity index (χ4v) is 5.90. The van der Waals surface area contributed by atoms with Crippen LogP contribution in [0.1, 0.15) is 36.5 Å². The lowest BCUT2D eigenvalue weighted by Gasteiger charge is -2.23. The van der Waals surface area contributed by atoms with Crippen molar-refractivity contribution in [3.63, 3.8) is 0 Å². The van der Waals surface area contributed by atoms with Gasteiger partial charge in [0.2, 0.25) is 11.8 Å². The lowest BCUT2D eigenvalue weighted by atomic mass is 9.88. The first-order valence-corrected chi connectivity index (χ1v) is 15.1. The molecule has 3 atom stereocenters. The van der Waals surface area contributed by atoms with Gasteiger partial charge in [-0.1, -0.05) is 72.8 Å². The summed E-state index contributed by atoms with van der Waals surface area (Å²) < 4.78 is 0. The largest absolute Gasteiger partial charge is 0.399 e. The van der Waals surface area contributed by atoms with Crippen molar-refractivity contribution >= 4 is 50.7 Å². The number of hydrogen-bond acceptors (Lipinski definition) is 5. The lowest BCUT2D eigenvalue weighted by Crippen LogP contribution is -2.47. The van der Waals surface area contributed by atoms with Crippen LogP contribution in [-0.4, -0.2) is 34.4 Å². The Bertz CT molecular complexity index is 1840. The molecular formula is C37H38N4O4. The fraction of sp³-hybridized carbons (Fsp3) is 0.243. The molecule has 6 N–H and O–H groups in total. The second kappa shape index (κ2) is 14.0. The second-order valence-electron chi connectivity index (χ2n) is 11.8. The number of benzene rings is 4. The third kappa shape index (κ3) is 8.03. The van der Waals surface area contributed by atoms with Crippen molar-refractivity contribution in [2.45, 2.75) is 45.1 Å². The van der Waals surface area contributed by atoms with Gasteiger partial charge in [0.15, 0.2) is 5.78 Å². The molecule has 1 aromatic heterocycles. The van der Waals surface area contributed by atoms with E-state index >= 15 is 0 Å². The molecule has 0 unspecified atom stereocenters. The molecule has 8 nitrogen and oxygen atoms in total. The predicted molar refractivity (Wildman–Crippen MR) is 177 cm³/mol. The maximum Gasteiger partial charge on any atom is 0.224 e. The van der Waals surface area contributed by atoms with Crippen LogP contribution < -0.4 is 16.8 Å². The Morgan fingerprint density at radius 3 is 2.18 bits per heavy atom. The van der Waals surface area contributed by atoms with Crippen LogP contribution in [-0.2, 0) is 38.4 Å². The summed E-state index contributed by atoms with van der Waals surface area (Å²) >= 11 is 0. The van der Waals surface area contributed by atoms with Crippen molar-refractivity contribution in [1.82, 2.24) is 10.3 Å². The molecule has 45 heavy (non-hydrogen) atoms. The topological polar surface area (TPSA) is 148 Å². The van der Waals surface area contributed by atoms with E-state index in [1.807, 2.05) is 72.9 Å². The number of Topliss-reactive ketones (excluding diaryl/α,β-unsaturated/α-hetero) is 2. The Kier molecular flexibility index (Phi) is 9.73. The van der Waals surface area contributed by atoms with Crippen LogP contribution in [0.5, 0.6) is 0 Å². The Labute approximate surface area is 262 Å². The predicted octanol–water partition coefficient (Wildman–Crippen LogP) is 5.07. The minimum absolute atomic E-state index is 0.0336. The highest BCUT2D eigenvalue weighted by Crippen LogP contribution is 2.24. The van der Waals surface area contributed by atoms with Crippen molar-refractivity contribution in [3.05, 3.63) is 114 Å². The molecule has 0 bridgehead atoms. The maximum atomic E-state index is 13.9. The fourth-order valence-electron chi connectivity index (χ4n) is 5.90. The van der Waals surface area contributed by atoms with Crippen LogP contribution in [0.4, 0.5) is 5.69 Å². The normalized spacial score (nSPS) is 13.3. The molecule has 0 radical (unpaired) electrons. The summed E-state index contributed by atoms with van der Waals surface area (Å²) in [5, 5.41) is 6.03. The van der Waals surface area contributed by atoms with Crippen molar-refractivity contribution in [3.8, 4) is 0 Å². The molecule has 5 rings (SSSR count). The highest BCUT2D eigenvalue weighted by Gasteiger charge is 2.30. The number of carbonyl (C=O) groups is 4. The van der Waals surface area contributed by atoms with Crippen LogP contribution in [0.2, 0.25) is 0 Å². The summed E-state index contributed by atoms with van der Waals surface area (Å²) in [5.41, 5.74) is 15.8. The van der Waals surface area contributed by atoms with Crippen molar-refractivity contribution in [2.75, 3.05) is 5.73 Å². The van der Waals surface area contributed by atoms with Crippen molar-refractivity contribution < 1.29 is 19.2 Å². The molecule has 8 heteroatoms. The number of amides is 2. The van der Waals surface area contributed by atoms with Gasteiger partial charge >= 0.3 is 0 Å². The number of para-hydroxylation sites is 1. The third-order valence-corrected chi connectivity index (χ3v) is 8.32. The zero-order valence-electron chi connectivity index (χ0n) is 25.3. The zero-order valence-corrected chi connectivity index (χ0v) is 25.3. The molecule has 230 valence electrons. The van der Waals surface area contributed by atoms with E-state index in [1.165, 1.54) is 6.92 Å². The number of nitrogens with one attached hydrogen (secondary N) is 2. The summed E-state index contributed by atoms with van der Waals surface area (Å²) in [6, 6.07) is 27.8. The smallest absolute Gasteiger partial charge is 0.224 e. The van der Waals surface area contributed by atoms with E-state index in [-0.39, 0.29) is 43.2 Å². The number of nitrogen functional groups attached to an aromatic ring is 1. The molecule has 0 spiro atoms. The van der Waals surface area contributed by atoms with Gasteiger partial charge in [-0.25, -0.2) is 0 Å². The molecule has 0 aliphatic carbocycles. The summed E-state index contributed by atoms with van der Waals surface area (Å²) in [4.78, 5) is 55.7. The average Bonchev–Trinajstić information content (AvgIpc) is 3.43. The quantitative estimate of drug-likeness (QED) is 0.131. The number of anilines is 1. The summed E-state index contributed by atoms with van der Waals surface area (Å²) in [6.07, 6.45) is 2.54.